The van der Waals surface area contributed by atoms with E-state index in [9.17, 15) is 4.79 Å². The molecule has 5 heteroatoms. The van der Waals surface area contributed by atoms with Crippen LogP contribution >= 0.6 is 0 Å². The van der Waals surface area contributed by atoms with E-state index in [-0.39, 0.29) is 0 Å². The van der Waals surface area contributed by atoms with Crippen molar-refractivity contribution >= 4 is 23.4 Å². The first kappa shape index (κ1) is 10.4. The third-order valence-corrected chi connectivity index (χ3v) is 2.40. The second kappa shape index (κ2) is 3.77. The van der Waals surface area contributed by atoms with Gasteiger partial charge in [0, 0.05) is 7.05 Å². The Balaban J connectivity index is 2.86. The largest absolute Gasteiger partial charge is 0.479 e. The van der Waals surface area contributed by atoms with Crippen molar-refractivity contribution < 1.29 is 9.53 Å². The van der Waals surface area contributed by atoms with Crippen molar-refractivity contribution in [3.63, 3.8) is 0 Å². The summed E-state index contributed by atoms with van der Waals surface area (Å²) in [4.78, 5) is 19.1. The fourth-order valence-electron chi connectivity index (χ4n) is 1.55. The van der Waals surface area contributed by atoms with E-state index in [0.717, 1.165) is 5.52 Å². The summed E-state index contributed by atoms with van der Waals surface area (Å²) in [7, 11) is 3.29. The molecule has 0 atom stereocenters. The third kappa shape index (κ3) is 1.37. The number of aldehydes is 1. The van der Waals surface area contributed by atoms with Gasteiger partial charge >= 0.3 is 0 Å². The molecule has 0 amide bonds. The molecule has 0 aliphatic heterocycles. The molecule has 0 bridgehead atoms. The molecule has 0 radical (unpaired) electrons. The van der Waals surface area contributed by atoms with Gasteiger partial charge in [-0.3, -0.25) is 4.79 Å². The monoisotopic (exact) mass is 217 g/mol. The number of rotatable bonds is 3. The fourth-order valence-corrected chi connectivity index (χ4v) is 1.55. The smallest absolute Gasteiger partial charge is 0.242 e. The van der Waals surface area contributed by atoms with Crippen LogP contribution in [0.5, 0.6) is 5.88 Å². The van der Waals surface area contributed by atoms with Gasteiger partial charge in [-0.2, -0.15) is 0 Å². The Morgan fingerprint density at radius 3 is 2.81 bits per heavy atom. The molecule has 0 saturated heterocycles. The van der Waals surface area contributed by atoms with Crippen LogP contribution in [-0.2, 0) is 7.05 Å². The van der Waals surface area contributed by atoms with Gasteiger partial charge in [0.1, 0.15) is 0 Å². The van der Waals surface area contributed by atoms with Crippen LogP contribution in [-0.4, -0.2) is 27.9 Å². The fraction of sp³-hybridized carbons (Fsp3) is 0.182. The van der Waals surface area contributed by atoms with E-state index in [1.807, 2.05) is 6.07 Å². The van der Waals surface area contributed by atoms with E-state index in [1.54, 1.807) is 17.7 Å². The Labute approximate surface area is 92.4 Å². The SMILES string of the molecule is C=Cc1cc2c(nc(C=O)n2C)c(OC)n1. The summed E-state index contributed by atoms with van der Waals surface area (Å²) in [5, 5.41) is 0. The molecule has 2 aromatic rings. The number of nitrogens with zero attached hydrogens (tertiary/aromatic N) is 3. The molecular formula is C11H11N3O2. The zero-order valence-corrected chi connectivity index (χ0v) is 9.10. The Morgan fingerprint density at radius 1 is 1.50 bits per heavy atom. The number of aromatic nitrogens is 3. The lowest BCUT2D eigenvalue weighted by Gasteiger charge is -2.02. The zero-order valence-electron chi connectivity index (χ0n) is 9.10. The highest BCUT2D eigenvalue weighted by Gasteiger charge is 2.13. The standard InChI is InChI=1S/C11H11N3O2/c1-4-7-5-8-10(11(12-7)16-3)13-9(6-15)14(8)2/h4-6H,1H2,2-3H3. The first-order valence-electron chi connectivity index (χ1n) is 4.70. The molecule has 5 nitrogen and oxygen atoms in total. The number of carbonyl (C=O) groups is 1. The summed E-state index contributed by atoms with van der Waals surface area (Å²) in [6.07, 6.45) is 2.32. The molecule has 0 aromatic carbocycles. The van der Waals surface area contributed by atoms with Crippen LogP contribution in [0.25, 0.3) is 17.1 Å². The summed E-state index contributed by atoms with van der Waals surface area (Å²) in [5.74, 6) is 0.743. The van der Waals surface area contributed by atoms with Gasteiger partial charge in [-0.05, 0) is 12.1 Å². The second-order valence-electron chi connectivity index (χ2n) is 3.28. The lowest BCUT2D eigenvalue weighted by atomic mass is 10.3. The van der Waals surface area contributed by atoms with Gasteiger partial charge in [-0.25, -0.2) is 9.97 Å². The average Bonchev–Trinajstić information content (AvgIpc) is 2.65. The minimum atomic E-state index is 0.344. The summed E-state index contributed by atoms with van der Waals surface area (Å²) in [6, 6.07) is 1.81. The van der Waals surface area contributed by atoms with Crippen molar-refractivity contribution in [2.45, 2.75) is 0 Å². The molecule has 0 unspecified atom stereocenters. The highest BCUT2D eigenvalue weighted by Crippen LogP contribution is 2.24. The van der Waals surface area contributed by atoms with E-state index >= 15 is 0 Å². The van der Waals surface area contributed by atoms with Crippen LogP contribution < -0.4 is 4.74 Å². The van der Waals surface area contributed by atoms with Crippen LogP contribution in [0.1, 0.15) is 16.3 Å². The van der Waals surface area contributed by atoms with Crippen molar-refractivity contribution in [3.8, 4) is 5.88 Å². The maximum absolute atomic E-state index is 10.8. The molecule has 82 valence electrons. The highest BCUT2D eigenvalue weighted by molar-refractivity contribution is 5.87. The lowest BCUT2D eigenvalue weighted by Crippen LogP contribution is -1.95. The topological polar surface area (TPSA) is 57.0 Å². The van der Waals surface area contributed by atoms with Gasteiger partial charge < -0.3 is 9.30 Å². The van der Waals surface area contributed by atoms with E-state index in [1.165, 1.54) is 7.11 Å². The third-order valence-electron chi connectivity index (χ3n) is 2.40. The molecular weight excluding hydrogens is 206 g/mol. The van der Waals surface area contributed by atoms with Gasteiger partial charge in [0.2, 0.25) is 5.88 Å². The van der Waals surface area contributed by atoms with Crippen molar-refractivity contribution in [2.75, 3.05) is 7.11 Å². The quantitative estimate of drug-likeness (QED) is 0.730. The van der Waals surface area contributed by atoms with Crippen molar-refractivity contribution in [3.05, 3.63) is 24.2 Å². The van der Waals surface area contributed by atoms with Crippen molar-refractivity contribution in [1.29, 1.82) is 0 Å². The van der Waals surface area contributed by atoms with Gasteiger partial charge in [0.15, 0.2) is 17.6 Å². The van der Waals surface area contributed by atoms with E-state index in [2.05, 4.69) is 16.5 Å². The van der Waals surface area contributed by atoms with Crippen molar-refractivity contribution in [2.24, 2.45) is 7.05 Å². The van der Waals surface area contributed by atoms with E-state index < -0.39 is 0 Å². The summed E-state index contributed by atoms with van der Waals surface area (Å²) >= 11 is 0. The lowest BCUT2D eigenvalue weighted by molar-refractivity contribution is 0.111. The van der Waals surface area contributed by atoms with Crippen LogP contribution in [0.15, 0.2) is 12.6 Å². The number of hydrogen-bond donors (Lipinski definition) is 0. The van der Waals surface area contributed by atoms with Crippen LogP contribution in [0.4, 0.5) is 0 Å². The molecule has 0 aliphatic carbocycles. The predicted octanol–water partition coefficient (Wildman–Crippen LogP) is 1.43. The average molecular weight is 217 g/mol. The van der Waals surface area contributed by atoms with E-state index in [4.69, 9.17) is 4.74 Å². The molecule has 2 rings (SSSR count). The minimum Gasteiger partial charge on any atom is -0.479 e. The van der Waals surface area contributed by atoms with Gasteiger partial charge in [0.05, 0.1) is 18.3 Å². The maximum atomic E-state index is 10.8. The number of methoxy groups -OCH3 is 1. The molecule has 2 aromatic heterocycles. The van der Waals surface area contributed by atoms with Crippen molar-refractivity contribution in [1.82, 2.24) is 14.5 Å². The Bertz CT molecular complexity index is 572. The summed E-state index contributed by atoms with van der Waals surface area (Å²) in [5.41, 5.74) is 2.06. The molecule has 0 aliphatic rings. The summed E-state index contributed by atoms with van der Waals surface area (Å²) in [6.45, 7) is 3.65. The Morgan fingerprint density at radius 2 is 2.25 bits per heavy atom. The number of fused-ring (bicyclic) bond motifs is 1. The van der Waals surface area contributed by atoms with Crippen LogP contribution in [0.3, 0.4) is 0 Å². The van der Waals surface area contributed by atoms with Gasteiger partial charge in [-0.1, -0.05) is 6.58 Å². The van der Waals surface area contributed by atoms with Gasteiger partial charge in [-0.15, -0.1) is 0 Å². The first-order valence-corrected chi connectivity index (χ1v) is 4.70. The molecule has 2 heterocycles. The number of imidazole rings is 1. The molecule has 16 heavy (non-hydrogen) atoms. The van der Waals surface area contributed by atoms with Crippen LogP contribution in [0.2, 0.25) is 0 Å². The number of pyridine rings is 1. The number of hydrogen-bond acceptors (Lipinski definition) is 4. The Hall–Kier alpha value is -2.17. The number of aryl methyl sites for hydroxylation is 1. The highest BCUT2D eigenvalue weighted by atomic mass is 16.5. The summed E-state index contributed by atoms with van der Waals surface area (Å²) < 4.78 is 6.83. The predicted molar refractivity (Wildman–Crippen MR) is 60.5 cm³/mol. The number of ether oxygens (including phenoxy) is 1. The van der Waals surface area contributed by atoms with E-state index in [0.29, 0.717) is 29.2 Å². The molecule has 0 fully saturated rings. The van der Waals surface area contributed by atoms with Gasteiger partial charge in [0.25, 0.3) is 0 Å². The molecule has 0 spiro atoms. The maximum Gasteiger partial charge on any atom is 0.242 e. The second-order valence-corrected chi connectivity index (χ2v) is 3.28. The van der Waals surface area contributed by atoms with Crippen LogP contribution in [0, 0.1) is 0 Å². The molecule has 0 saturated carbocycles. The zero-order chi connectivity index (χ0) is 11.7. The molecule has 0 N–H and O–H groups in total. The number of carbonyl (C=O) groups excluding carboxylic acids is 1. The minimum absolute atomic E-state index is 0.344. The first-order chi connectivity index (χ1) is 7.71. The Kier molecular flexibility index (Phi) is 2.44. The normalized spacial score (nSPS) is 10.4.